The van der Waals surface area contributed by atoms with E-state index in [0.717, 1.165) is 38.8 Å². The van der Waals surface area contributed by atoms with Crippen LogP contribution in [0.4, 0.5) is 6.01 Å². The van der Waals surface area contributed by atoms with Crippen LogP contribution in [0.15, 0.2) is 4.42 Å². The Morgan fingerprint density at radius 1 is 1.35 bits per heavy atom. The van der Waals surface area contributed by atoms with Crippen LogP contribution in [-0.4, -0.2) is 29.2 Å². The topological polar surface area (TPSA) is 80.1 Å². The fourth-order valence-electron chi connectivity index (χ4n) is 2.69. The van der Waals surface area contributed by atoms with Gasteiger partial charge in [-0.3, -0.25) is 10.1 Å². The molecule has 1 saturated carbocycles. The van der Waals surface area contributed by atoms with E-state index in [4.69, 9.17) is 4.42 Å². The minimum Gasteiger partial charge on any atom is -0.408 e. The first-order valence-corrected chi connectivity index (χ1v) is 7.43. The first kappa shape index (κ1) is 13.5. The minimum absolute atomic E-state index is 0.0443. The van der Waals surface area contributed by atoms with E-state index in [0.29, 0.717) is 17.7 Å². The standard InChI is InChI=1S/C14H22N4O2/c1-14(2,10-4-3-7-15-8-10)12(19)16-13-18-17-11(20-13)9-5-6-9/h9-10,15H,3-8H2,1-2H3,(H,16,18,19). The van der Waals surface area contributed by atoms with Crippen LogP contribution in [0.25, 0.3) is 0 Å². The van der Waals surface area contributed by atoms with Gasteiger partial charge >= 0.3 is 6.01 Å². The third-order valence-electron chi connectivity index (χ3n) is 4.49. The molecule has 1 aromatic rings. The first-order valence-electron chi connectivity index (χ1n) is 7.43. The summed E-state index contributed by atoms with van der Waals surface area (Å²) in [5, 5.41) is 14.0. The Morgan fingerprint density at radius 2 is 2.15 bits per heavy atom. The Hall–Kier alpha value is -1.43. The van der Waals surface area contributed by atoms with Gasteiger partial charge in [-0.25, -0.2) is 0 Å². The van der Waals surface area contributed by atoms with E-state index in [1.165, 1.54) is 0 Å². The summed E-state index contributed by atoms with van der Waals surface area (Å²) in [5.41, 5.74) is -0.443. The van der Waals surface area contributed by atoms with E-state index >= 15 is 0 Å². The van der Waals surface area contributed by atoms with Gasteiger partial charge in [-0.05, 0) is 44.7 Å². The van der Waals surface area contributed by atoms with Gasteiger partial charge in [0.25, 0.3) is 0 Å². The van der Waals surface area contributed by atoms with Crippen molar-refractivity contribution in [3.8, 4) is 0 Å². The van der Waals surface area contributed by atoms with Crippen LogP contribution in [0.3, 0.4) is 0 Å². The molecule has 0 bridgehead atoms. The predicted octanol–water partition coefficient (Wildman–Crippen LogP) is 1.91. The number of anilines is 1. The molecule has 1 aliphatic carbocycles. The Bertz CT molecular complexity index is 487. The van der Waals surface area contributed by atoms with E-state index in [1.807, 2.05) is 13.8 Å². The van der Waals surface area contributed by atoms with E-state index in [1.54, 1.807) is 0 Å². The molecule has 2 N–H and O–H groups in total. The van der Waals surface area contributed by atoms with Gasteiger partial charge in [-0.15, -0.1) is 5.10 Å². The molecule has 110 valence electrons. The van der Waals surface area contributed by atoms with Gasteiger partial charge in [0.05, 0.1) is 0 Å². The average molecular weight is 278 g/mol. The van der Waals surface area contributed by atoms with Gasteiger partial charge in [0.15, 0.2) is 0 Å². The smallest absolute Gasteiger partial charge is 0.322 e. The summed E-state index contributed by atoms with van der Waals surface area (Å²) >= 11 is 0. The molecule has 1 aliphatic heterocycles. The van der Waals surface area contributed by atoms with Crippen LogP contribution in [0, 0.1) is 11.3 Å². The van der Waals surface area contributed by atoms with Crippen LogP contribution in [0.5, 0.6) is 0 Å². The molecule has 3 rings (SSSR count). The molecular formula is C14H22N4O2. The highest BCUT2D eigenvalue weighted by Crippen LogP contribution is 2.39. The maximum Gasteiger partial charge on any atom is 0.322 e. The number of aromatic nitrogens is 2. The van der Waals surface area contributed by atoms with E-state index in [9.17, 15) is 4.79 Å². The molecule has 1 amide bonds. The van der Waals surface area contributed by atoms with Crippen molar-refractivity contribution >= 4 is 11.9 Å². The molecule has 0 spiro atoms. The van der Waals surface area contributed by atoms with Crippen molar-refractivity contribution in [2.75, 3.05) is 18.4 Å². The second-order valence-corrected chi connectivity index (χ2v) is 6.44. The zero-order valence-electron chi connectivity index (χ0n) is 12.1. The van der Waals surface area contributed by atoms with Crippen LogP contribution in [0.1, 0.15) is 51.3 Å². The molecular weight excluding hydrogens is 256 g/mol. The van der Waals surface area contributed by atoms with Crippen LogP contribution in [0.2, 0.25) is 0 Å². The van der Waals surface area contributed by atoms with Gasteiger partial charge < -0.3 is 9.73 Å². The molecule has 0 radical (unpaired) electrons. The fraction of sp³-hybridized carbons (Fsp3) is 0.786. The van der Waals surface area contributed by atoms with Crippen molar-refractivity contribution in [2.24, 2.45) is 11.3 Å². The van der Waals surface area contributed by atoms with Crippen molar-refractivity contribution < 1.29 is 9.21 Å². The van der Waals surface area contributed by atoms with Gasteiger partial charge in [0.1, 0.15) is 0 Å². The molecule has 20 heavy (non-hydrogen) atoms. The molecule has 1 atom stereocenters. The summed E-state index contributed by atoms with van der Waals surface area (Å²) in [6.07, 6.45) is 4.40. The van der Waals surface area contributed by atoms with Crippen molar-refractivity contribution in [1.82, 2.24) is 15.5 Å². The number of piperidine rings is 1. The minimum atomic E-state index is -0.443. The highest BCUT2D eigenvalue weighted by molar-refractivity contribution is 5.93. The van der Waals surface area contributed by atoms with Gasteiger partial charge in [-0.1, -0.05) is 18.9 Å². The lowest BCUT2D eigenvalue weighted by atomic mass is 9.74. The zero-order valence-corrected chi connectivity index (χ0v) is 12.1. The van der Waals surface area contributed by atoms with E-state index in [2.05, 4.69) is 20.8 Å². The van der Waals surface area contributed by atoms with Crippen molar-refractivity contribution in [3.63, 3.8) is 0 Å². The number of rotatable bonds is 4. The molecule has 1 unspecified atom stereocenters. The van der Waals surface area contributed by atoms with Crippen molar-refractivity contribution in [1.29, 1.82) is 0 Å². The molecule has 2 fully saturated rings. The monoisotopic (exact) mass is 278 g/mol. The van der Waals surface area contributed by atoms with Crippen LogP contribution < -0.4 is 10.6 Å². The number of amides is 1. The maximum absolute atomic E-state index is 12.5. The summed E-state index contributed by atoms with van der Waals surface area (Å²) in [5.74, 6) is 1.35. The second-order valence-electron chi connectivity index (χ2n) is 6.44. The van der Waals surface area contributed by atoms with Gasteiger partial charge in [-0.2, -0.15) is 0 Å². The highest BCUT2D eigenvalue weighted by atomic mass is 16.4. The SMILES string of the molecule is CC(C)(C(=O)Nc1nnc(C2CC2)o1)C1CCCNC1. The average Bonchev–Trinajstić information content (AvgIpc) is 3.20. The quantitative estimate of drug-likeness (QED) is 0.879. The summed E-state index contributed by atoms with van der Waals surface area (Å²) in [6, 6.07) is 0.230. The number of carbonyl (C=O) groups is 1. The van der Waals surface area contributed by atoms with Gasteiger partial charge in [0.2, 0.25) is 11.8 Å². The Labute approximate surface area is 118 Å². The molecule has 6 nitrogen and oxygen atoms in total. The van der Waals surface area contributed by atoms with E-state index in [-0.39, 0.29) is 11.9 Å². The lowest BCUT2D eigenvalue weighted by Crippen LogP contribution is -2.44. The normalized spacial score (nSPS) is 23.6. The van der Waals surface area contributed by atoms with E-state index < -0.39 is 5.41 Å². The largest absolute Gasteiger partial charge is 0.408 e. The number of carbonyl (C=O) groups excluding carboxylic acids is 1. The highest BCUT2D eigenvalue weighted by Gasteiger charge is 2.38. The summed E-state index contributed by atoms with van der Waals surface area (Å²) in [6.45, 7) is 5.90. The molecule has 2 aliphatic rings. The summed E-state index contributed by atoms with van der Waals surface area (Å²) in [4.78, 5) is 12.5. The number of nitrogens with zero attached hydrogens (tertiary/aromatic N) is 2. The fourth-order valence-corrected chi connectivity index (χ4v) is 2.69. The lowest BCUT2D eigenvalue weighted by Gasteiger charge is -2.35. The zero-order chi connectivity index (χ0) is 14.2. The predicted molar refractivity (Wildman–Crippen MR) is 74.3 cm³/mol. The molecule has 1 aromatic heterocycles. The Morgan fingerprint density at radius 3 is 2.80 bits per heavy atom. The van der Waals surface area contributed by atoms with Gasteiger partial charge in [0, 0.05) is 11.3 Å². The number of hydrogen-bond acceptors (Lipinski definition) is 5. The lowest BCUT2D eigenvalue weighted by molar-refractivity contribution is -0.127. The molecule has 0 aromatic carbocycles. The first-order chi connectivity index (χ1) is 9.57. The third kappa shape index (κ3) is 2.70. The van der Waals surface area contributed by atoms with Crippen molar-refractivity contribution in [2.45, 2.75) is 45.4 Å². The second kappa shape index (κ2) is 5.16. The Balaban J connectivity index is 1.64. The van der Waals surface area contributed by atoms with Crippen molar-refractivity contribution in [3.05, 3.63) is 5.89 Å². The maximum atomic E-state index is 12.5. The summed E-state index contributed by atoms with van der Waals surface area (Å²) < 4.78 is 5.49. The van der Waals surface area contributed by atoms with Crippen LogP contribution in [-0.2, 0) is 4.79 Å². The molecule has 2 heterocycles. The molecule has 1 saturated heterocycles. The summed E-state index contributed by atoms with van der Waals surface area (Å²) in [7, 11) is 0. The number of nitrogens with one attached hydrogen (secondary N) is 2. The Kier molecular flexibility index (Phi) is 3.50. The van der Waals surface area contributed by atoms with Crippen LogP contribution >= 0.6 is 0 Å². The number of hydrogen-bond donors (Lipinski definition) is 2. The molecule has 6 heteroatoms. The third-order valence-corrected chi connectivity index (χ3v) is 4.49.